The summed E-state index contributed by atoms with van der Waals surface area (Å²) in [4.78, 5) is 22.6. The van der Waals surface area contributed by atoms with E-state index in [2.05, 4.69) is 6.92 Å². The monoisotopic (exact) mass is 234 g/mol. The van der Waals surface area contributed by atoms with Crippen LogP contribution < -0.4 is 4.74 Å². The molecular weight excluding hydrogens is 216 g/mol. The van der Waals surface area contributed by atoms with Crippen LogP contribution in [-0.4, -0.2) is 11.8 Å². The van der Waals surface area contributed by atoms with Gasteiger partial charge in [0.2, 0.25) is 0 Å². The molecule has 3 nitrogen and oxygen atoms in total. The van der Waals surface area contributed by atoms with Crippen molar-refractivity contribution >= 4 is 11.8 Å². The number of benzene rings is 1. The maximum atomic E-state index is 11.5. The van der Waals surface area contributed by atoms with Crippen molar-refractivity contribution in [2.45, 2.75) is 39.5 Å². The van der Waals surface area contributed by atoms with Gasteiger partial charge in [0.25, 0.3) is 0 Å². The molecule has 1 aromatic carbocycles. The quantitative estimate of drug-likeness (QED) is 0.328. The highest BCUT2D eigenvalue weighted by atomic mass is 16.5. The lowest BCUT2D eigenvalue weighted by molar-refractivity contribution is -0.134. The number of carbonyl (C=O) groups is 2. The molecule has 0 bridgehead atoms. The summed E-state index contributed by atoms with van der Waals surface area (Å²) in [6.45, 7) is 3.57. The van der Waals surface area contributed by atoms with E-state index in [1.807, 2.05) is 0 Å². The molecule has 0 aromatic heterocycles. The number of ketones is 1. The number of carbonyl (C=O) groups excluding carboxylic acids is 2. The van der Waals surface area contributed by atoms with Crippen LogP contribution in [0.15, 0.2) is 24.3 Å². The van der Waals surface area contributed by atoms with Crippen LogP contribution >= 0.6 is 0 Å². The molecule has 0 fully saturated rings. The number of ether oxygens (including phenoxy) is 1. The van der Waals surface area contributed by atoms with Gasteiger partial charge >= 0.3 is 5.97 Å². The molecule has 17 heavy (non-hydrogen) atoms. The Hall–Kier alpha value is -1.64. The SMILES string of the molecule is CCCCCC(=O)Oc1cccc(C(C)=O)c1. The third kappa shape index (κ3) is 4.81. The molecule has 0 aliphatic heterocycles. The lowest BCUT2D eigenvalue weighted by atomic mass is 10.1. The van der Waals surface area contributed by atoms with E-state index in [0.29, 0.717) is 17.7 Å². The highest BCUT2D eigenvalue weighted by molar-refractivity contribution is 5.94. The third-order valence-electron chi connectivity index (χ3n) is 2.46. The van der Waals surface area contributed by atoms with Gasteiger partial charge in [0, 0.05) is 12.0 Å². The Bertz CT molecular complexity index is 396. The molecule has 0 spiro atoms. The Balaban J connectivity index is 2.53. The second kappa shape index (κ2) is 6.84. The summed E-state index contributed by atoms with van der Waals surface area (Å²) in [5.41, 5.74) is 0.559. The van der Waals surface area contributed by atoms with Gasteiger partial charge in [-0.15, -0.1) is 0 Å². The molecule has 0 aliphatic rings. The van der Waals surface area contributed by atoms with Gasteiger partial charge in [0.15, 0.2) is 5.78 Å². The highest BCUT2D eigenvalue weighted by Gasteiger charge is 2.06. The maximum absolute atomic E-state index is 11.5. The molecule has 3 heteroatoms. The lowest BCUT2D eigenvalue weighted by Gasteiger charge is -2.05. The Morgan fingerprint density at radius 2 is 2.00 bits per heavy atom. The predicted molar refractivity (Wildman–Crippen MR) is 66.2 cm³/mol. The van der Waals surface area contributed by atoms with E-state index in [0.717, 1.165) is 19.3 Å². The van der Waals surface area contributed by atoms with E-state index < -0.39 is 0 Å². The first-order valence-corrected chi connectivity index (χ1v) is 5.95. The number of esters is 1. The molecule has 0 unspecified atom stereocenters. The van der Waals surface area contributed by atoms with Crippen LogP contribution in [0.25, 0.3) is 0 Å². The highest BCUT2D eigenvalue weighted by Crippen LogP contribution is 2.15. The second-order valence-corrected chi connectivity index (χ2v) is 4.02. The van der Waals surface area contributed by atoms with Gasteiger partial charge in [-0.1, -0.05) is 31.9 Å². The summed E-state index contributed by atoms with van der Waals surface area (Å²) in [6, 6.07) is 6.70. The minimum Gasteiger partial charge on any atom is -0.427 e. The fourth-order valence-electron chi connectivity index (χ4n) is 1.48. The lowest BCUT2D eigenvalue weighted by Crippen LogP contribution is -2.07. The molecule has 1 rings (SSSR count). The van der Waals surface area contributed by atoms with Crippen molar-refractivity contribution in [2.24, 2.45) is 0 Å². The van der Waals surface area contributed by atoms with Crippen molar-refractivity contribution in [3.8, 4) is 5.75 Å². The summed E-state index contributed by atoms with van der Waals surface area (Å²) >= 11 is 0. The second-order valence-electron chi connectivity index (χ2n) is 4.02. The van der Waals surface area contributed by atoms with Gasteiger partial charge in [-0.25, -0.2) is 0 Å². The van der Waals surface area contributed by atoms with Gasteiger partial charge in [0.1, 0.15) is 5.75 Å². The molecule has 0 saturated carbocycles. The topological polar surface area (TPSA) is 43.4 Å². The molecular formula is C14H18O3. The van der Waals surface area contributed by atoms with E-state index in [-0.39, 0.29) is 11.8 Å². The van der Waals surface area contributed by atoms with E-state index >= 15 is 0 Å². The molecule has 0 heterocycles. The fraction of sp³-hybridized carbons (Fsp3) is 0.429. The molecule has 0 saturated heterocycles. The van der Waals surface area contributed by atoms with Crippen LogP contribution in [0.4, 0.5) is 0 Å². The number of rotatable bonds is 6. The van der Waals surface area contributed by atoms with Crippen molar-refractivity contribution in [1.82, 2.24) is 0 Å². The van der Waals surface area contributed by atoms with Crippen molar-refractivity contribution in [3.63, 3.8) is 0 Å². The molecule has 0 radical (unpaired) electrons. The summed E-state index contributed by atoms with van der Waals surface area (Å²) < 4.78 is 5.16. The van der Waals surface area contributed by atoms with E-state index in [1.54, 1.807) is 24.3 Å². The van der Waals surface area contributed by atoms with Crippen LogP contribution in [0.2, 0.25) is 0 Å². The van der Waals surface area contributed by atoms with Gasteiger partial charge < -0.3 is 4.74 Å². The van der Waals surface area contributed by atoms with Crippen LogP contribution in [-0.2, 0) is 4.79 Å². The minimum absolute atomic E-state index is 0.0334. The molecule has 0 atom stereocenters. The fourth-order valence-corrected chi connectivity index (χ4v) is 1.48. The van der Waals surface area contributed by atoms with Gasteiger partial charge in [0.05, 0.1) is 0 Å². The van der Waals surface area contributed by atoms with Crippen LogP contribution in [0.5, 0.6) is 5.75 Å². The normalized spacial score (nSPS) is 10.0. The zero-order valence-corrected chi connectivity index (χ0v) is 10.4. The van der Waals surface area contributed by atoms with Crippen LogP contribution in [0, 0.1) is 0 Å². The average Bonchev–Trinajstić information content (AvgIpc) is 2.29. The van der Waals surface area contributed by atoms with Crippen LogP contribution in [0.3, 0.4) is 0 Å². The standard InChI is InChI=1S/C14H18O3/c1-3-4-5-9-14(16)17-13-8-6-7-12(10-13)11(2)15/h6-8,10H,3-5,9H2,1-2H3. The van der Waals surface area contributed by atoms with Gasteiger partial charge in [-0.2, -0.15) is 0 Å². The van der Waals surface area contributed by atoms with Crippen LogP contribution in [0.1, 0.15) is 49.9 Å². The first kappa shape index (κ1) is 13.4. The van der Waals surface area contributed by atoms with Gasteiger partial charge in [-0.3, -0.25) is 9.59 Å². The van der Waals surface area contributed by atoms with E-state index in [1.165, 1.54) is 6.92 Å². The zero-order chi connectivity index (χ0) is 12.7. The maximum Gasteiger partial charge on any atom is 0.311 e. The zero-order valence-electron chi connectivity index (χ0n) is 10.4. The number of hydrogen-bond donors (Lipinski definition) is 0. The summed E-state index contributed by atoms with van der Waals surface area (Å²) in [6.07, 6.45) is 3.38. The summed E-state index contributed by atoms with van der Waals surface area (Å²) in [5, 5.41) is 0. The molecule has 0 N–H and O–H groups in total. The molecule has 0 amide bonds. The van der Waals surface area contributed by atoms with Crippen molar-refractivity contribution in [1.29, 1.82) is 0 Å². The Morgan fingerprint density at radius 1 is 1.24 bits per heavy atom. The Kier molecular flexibility index (Phi) is 5.40. The van der Waals surface area contributed by atoms with Crippen molar-refractivity contribution in [3.05, 3.63) is 29.8 Å². The molecule has 92 valence electrons. The van der Waals surface area contributed by atoms with E-state index in [4.69, 9.17) is 4.74 Å². The molecule has 0 aliphatic carbocycles. The average molecular weight is 234 g/mol. The summed E-state index contributed by atoms with van der Waals surface area (Å²) in [7, 11) is 0. The largest absolute Gasteiger partial charge is 0.427 e. The first-order valence-electron chi connectivity index (χ1n) is 5.95. The number of Topliss-reactive ketones (excluding diaryl/α,β-unsaturated/α-hetero) is 1. The number of hydrogen-bond acceptors (Lipinski definition) is 3. The third-order valence-corrected chi connectivity index (χ3v) is 2.46. The molecule has 1 aromatic rings. The van der Waals surface area contributed by atoms with Crippen molar-refractivity contribution in [2.75, 3.05) is 0 Å². The number of unbranched alkanes of at least 4 members (excludes halogenated alkanes) is 2. The summed E-state index contributed by atoms with van der Waals surface area (Å²) in [5.74, 6) is 0.173. The predicted octanol–water partition coefficient (Wildman–Crippen LogP) is 3.37. The van der Waals surface area contributed by atoms with Crippen molar-refractivity contribution < 1.29 is 14.3 Å². The Morgan fingerprint density at radius 3 is 2.65 bits per heavy atom. The smallest absolute Gasteiger partial charge is 0.311 e. The minimum atomic E-state index is -0.237. The Labute approximate surface area is 102 Å². The van der Waals surface area contributed by atoms with Gasteiger partial charge in [-0.05, 0) is 25.5 Å². The van der Waals surface area contributed by atoms with E-state index in [9.17, 15) is 9.59 Å². The first-order chi connectivity index (χ1) is 8.13.